The SMILES string of the molecule is CC(C)CC(=O)c1ccc(SCc2cccc(C#N)c2)cc1. The highest BCUT2D eigenvalue weighted by Crippen LogP contribution is 2.24. The molecule has 0 saturated carbocycles. The molecule has 22 heavy (non-hydrogen) atoms. The van der Waals surface area contributed by atoms with E-state index >= 15 is 0 Å². The number of hydrogen-bond donors (Lipinski definition) is 0. The van der Waals surface area contributed by atoms with E-state index < -0.39 is 0 Å². The van der Waals surface area contributed by atoms with Crippen molar-refractivity contribution < 1.29 is 4.79 Å². The molecule has 0 amide bonds. The molecule has 0 fully saturated rings. The van der Waals surface area contributed by atoms with Crippen LogP contribution in [0.2, 0.25) is 0 Å². The number of benzene rings is 2. The summed E-state index contributed by atoms with van der Waals surface area (Å²) in [6.45, 7) is 4.11. The van der Waals surface area contributed by atoms with Crippen molar-refractivity contribution in [3.8, 4) is 6.07 Å². The molecule has 3 heteroatoms. The predicted molar refractivity (Wildman–Crippen MR) is 90.9 cm³/mol. The quantitative estimate of drug-likeness (QED) is 0.552. The Bertz CT molecular complexity index is 683. The molecule has 0 aliphatic carbocycles. The van der Waals surface area contributed by atoms with Crippen LogP contribution in [0.4, 0.5) is 0 Å². The zero-order valence-corrected chi connectivity index (χ0v) is 13.7. The normalized spacial score (nSPS) is 10.5. The molecule has 0 bridgehead atoms. The molecule has 0 N–H and O–H groups in total. The fourth-order valence-corrected chi connectivity index (χ4v) is 2.96. The average Bonchev–Trinajstić information content (AvgIpc) is 2.53. The molecule has 0 aromatic heterocycles. The Kier molecular flexibility index (Phi) is 5.80. The van der Waals surface area contributed by atoms with Crippen molar-refractivity contribution in [2.45, 2.75) is 30.9 Å². The molecule has 0 spiro atoms. The minimum atomic E-state index is 0.202. The van der Waals surface area contributed by atoms with Crippen LogP contribution in [0.15, 0.2) is 53.4 Å². The van der Waals surface area contributed by atoms with Gasteiger partial charge in [0.2, 0.25) is 0 Å². The maximum atomic E-state index is 12.0. The second-order valence-electron chi connectivity index (χ2n) is 5.65. The van der Waals surface area contributed by atoms with Crippen molar-refractivity contribution in [3.05, 3.63) is 65.2 Å². The van der Waals surface area contributed by atoms with Gasteiger partial charge >= 0.3 is 0 Å². The van der Waals surface area contributed by atoms with Crippen LogP contribution in [0.1, 0.15) is 41.8 Å². The van der Waals surface area contributed by atoms with Crippen molar-refractivity contribution in [2.75, 3.05) is 0 Å². The van der Waals surface area contributed by atoms with E-state index in [-0.39, 0.29) is 5.78 Å². The minimum absolute atomic E-state index is 0.202. The number of thioether (sulfide) groups is 1. The van der Waals surface area contributed by atoms with E-state index in [1.807, 2.05) is 48.5 Å². The standard InChI is InChI=1S/C19H19NOS/c1-14(2)10-19(21)17-6-8-18(9-7-17)22-13-16-5-3-4-15(11-16)12-20/h3-9,11,14H,10,13H2,1-2H3. The largest absolute Gasteiger partial charge is 0.294 e. The van der Waals surface area contributed by atoms with Gasteiger partial charge in [-0.2, -0.15) is 5.26 Å². The fraction of sp³-hybridized carbons (Fsp3) is 0.263. The van der Waals surface area contributed by atoms with Crippen molar-refractivity contribution in [1.82, 2.24) is 0 Å². The Morgan fingerprint density at radius 1 is 1.18 bits per heavy atom. The molecular weight excluding hydrogens is 290 g/mol. The lowest BCUT2D eigenvalue weighted by Crippen LogP contribution is -2.03. The first-order chi connectivity index (χ1) is 10.6. The van der Waals surface area contributed by atoms with Gasteiger partial charge in [-0.25, -0.2) is 0 Å². The van der Waals surface area contributed by atoms with E-state index in [1.165, 1.54) is 0 Å². The lowest BCUT2D eigenvalue weighted by atomic mass is 10.0. The molecule has 0 atom stereocenters. The Morgan fingerprint density at radius 3 is 2.55 bits per heavy atom. The topological polar surface area (TPSA) is 40.9 Å². The van der Waals surface area contributed by atoms with E-state index in [1.54, 1.807) is 11.8 Å². The highest BCUT2D eigenvalue weighted by Gasteiger charge is 2.08. The first kappa shape index (κ1) is 16.3. The van der Waals surface area contributed by atoms with Gasteiger partial charge in [0.05, 0.1) is 11.6 Å². The molecule has 2 rings (SSSR count). The summed E-state index contributed by atoms with van der Waals surface area (Å²) >= 11 is 1.71. The van der Waals surface area contributed by atoms with Gasteiger partial charge < -0.3 is 0 Å². The third-order valence-electron chi connectivity index (χ3n) is 3.23. The summed E-state index contributed by atoms with van der Waals surface area (Å²) in [7, 11) is 0. The number of carbonyl (C=O) groups excluding carboxylic acids is 1. The van der Waals surface area contributed by atoms with Crippen LogP contribution in [-0.4, -0.2) is 5.78 Å². The van der Waals surface area contributed by atoms with Gasteiger partial charge in [0, 0.05) is 22.6 Å². The van der Waals surface area contributed by atoms with Gasteiger partial charge in [0.15, 0.2) is 5.78 Å². The summed E-state index contributed by atoms with van der Waals surface area (Å²) in [5.74, 6) is 1.40. The molecule has 0 radical (unpaired) electrons. The summed E-state index contributed by atoms with van der Waals surface area (Å²) in [6, 6.07) is 17.6. The second kappa shape index (κ2) is 7.82. The summed E-state index contributed by atoms with van der Waals surface area (Å²) in [4.78, 5) is 13.1. The highest BCUT2D eigenvalue weighted by atomic mass is 32.2. The molecule has 0 heterocycles. The van der Waals surface area contributed by atoms with Crippen LogP contribution in [0.3, 0.4) is 0 Å². The minimum Gasteiger partial charge on any atom is -0.294 e. The lowest BCUT2D eigenvalue weighted by Gasteiger charge is -2.06. The molecule has 2 nitrogen and oxygen atoms in total. The van der Waals surface area contributed by atoms with E-state index in [0.29, 0.717) is 17.9 Å². The zero-order valence-electron chi connectivity index (χ0n) is 12.9. The van der Waals surface area contributed by atoms with Crippen molar-refractivity contribution >= 4 is 17.5 Å². The summed E-state index contributed by atoms with van der Waals surface area (Å²) in [5.41, 5.74) is 2.60. The monoisotopic (exact) mass is 309 g/mol. The number of nitrogens with zero attached hydrogens (tertiary/aromatic N) is 1. The molecule has 2 aromatic rings. The highest BCUT2D eigenvalue weighted by molar-refractivity contribution is 7.98. The van der Waals surface area contributed by atoms with E-state index in [0.717, 1.165) is 21.8 Å². The molecule has 0 aliphatic rings. The maximum Gasteiger partial charge on any atom is 0.163 e. The third-order valence-corrected chi connectivity index (χ3v) is 4.31. The molecule has 0 saturated heterocycles. The van der Waals surface area contributed by atoms with Crippen LogP contribution in [0.5, 0.6) is 0 Å². The predicted octanol–water partition coefficient (Wildman–Crippen LogP) is 5.08. The van der Waals surface area contributed by atoms with Crippen molar-refractivity contribution in [3.63, 3.8) is 0 Å². The van der Waals surface area contributed by atoms with Gasteiger partial charge in [-0.1, -0.05) is 38.1 Å². The van der Waals surface area contributed by atoms with Crippen LogP contribution < -0.4 is 0 Å². The van der Waals surface area contributed by atoms with Gasteiger partial charge in [0.25, 0.3) is 0 Å². The van der Waals surface area contributed by atoms with Gasteiger partial charge in [-0.3, -0.25) is 4.79 Å². The van der Waals surface area contributed by atoms with E-state index in [9.17, 15) is 4.79 Å². The third kappa shape index (κ3) is 4.75. The average molecular weight is 309 g/mol. The van der Waals surface area contributed by atoms with Gasteiger partial charge in [-0.15, -0.1) is 11.8 Å². The van der Waals surface area contributed by atoms with Gasteiger partial charge in [-0.05, 0) is 35.7 Å². The number of hydrogen-bond acceptors (Lipinski definition) is 3. The zero-order chi connectivity index (χ0) is 15.9. The lowest BCUT2D eigenvalue weighted by molar-refractivity contribution is 0.0968. The molecular formula is C19H19NOS. The van der Waals surface area contributed by atoms with Crippen LogP contribution in [0, 0.1) is 17.2 Å². The molecule has 0 aliphatic heterocycles. The Morgan fingerprint density at radius 2 is 1.91 bits per heavy atom. The van der Waals surface area contributed by atoms with Crippen molar-refractivity contribution in [1.29, 1.82) is 5.26 Å². The van der Waals surface area contributed by atoms with E-state index in [2.05, 4.69) is 19.9 Å². The smallest absolute Gasteiger partial charge is 0.163 e. The van der Waals surface area contributed by atoms with Crippen molar-refractivity contribution in [2.24, 2.45) is 5.92 Å². The number of rotatable bonds is 6. The number of nitriles is 1. The first-order valence-corrected chi connectivity index (χ1v) is 8.32. The number of Topliss-reactive ketones (excluding diaryl/α,β-unsaturated/α-hetero) is 1. The molecule has 0 unspecified atom stereocenters. The molecule has 2 aromatic carbocycles. The summed E-state index contributed by atoms with van der Waals surface area (Å²) in [6.07, 6.45) is 0.591. The Hall–Kier alpha value is -2.05. The van der Waals surface area contributed by atoms with Crippen LogP contribution in [0.25, 0.3) is 0 Å². The Labute approximate surface area is 136 Å². The summed E-state index contributed by atoms with van der Waals surface area (Å²) in [5, 5.41) is 8.90. The number of carbonyl (C=O) groups is 1. The van der Waals surface area contributed by atoms with Gasteiger partial charge in [0.1, 0.15) is 0 Å². The maximum absolute atomic E-state index is 12.0. The molecule has 112 valence electrons. The Balaban J connectivity index is 1.96. The first-order valence-electron chi connectivity index (χ1n) is 7.33. The summed E-state index contributed by atoms with van der Waals surface area (Å²) < 4.78 is 0. The van der Waals surface area contributed by atoms with Crippen LogP contribution >= 0.6 is 11.8 Å². The fourth-order valence-electron chi connectivity index (χ4n) is 2.12. The van der Waals surface area contributed by atoms with E-state index in [4.69, 9.17) is 5.26 Å². The number of ketones is 1. The second-order valence-corrected chi connectivity index (χ2v) is 6.70. The van der Waals surface area contributed by atoms with Crippen LogP contribution in [-0.2, 0) is 5.75 Å².